The van der Waals surface area contributed by atoms with E-state index in [9.17, 15) is 0 Å². The Bertz CT molecular complexity index is 253. The first-order valence-corrected chi connectivity index (χ1v) is 8.00. The lowest BCUT2D eigenvalue weighted by Gasteiger charge is -2.36. The van der Waals surface area contributed by atoms with Crippen molar-refractivity contribution >= 4 is 5.96 Å². The number of guanidine groups is 1. The average molecular weight is 268 g/mol. The molecule has 0 bridgehead atoms. The second-order valence-electron chi connectivity index (χ2n) is 5.42. The molecule has 0 spiro atoms. The Kier molecular flexibility index (Phi) is 8.63. The first kappa shape index (κ1) is 16.3. The van der Waals surface area contributed by atoms with Gasteiger partial charge in [-0.1, -0.05) is 26.7 Å². The molecule has 4 nitrogen and oxygen atoms in total. The average Bonchev–Trinajstić information content (AvgIpc) is 2.46. The standard InChI is InChI=1S/C15H32N4/c1-4-6-11-19-12-8-7-9-14(19)13-18-15(16-3)17-10-5-2/h14H,4-13H2,1-3H3,(H2,16,17,18). The fourth-order valence-corrected chi connectivity index (χ4v) is 2.63. The second kappa shape index (κ2) is 10.1. The molecule has 2 N–H and O–H groups in total. The molecular formula is C15H32N4. The predicted molar refractivity (Wildman–Crippen MR) is 83.8 cm³/mol. The molecule has 0 aromatic rings. The zero-order chi connectivity index (χ0) is 13.9. The monoisotopic (exact) mass is 268 g/mol. The third-order valence-corrected chi connectivity index (χ3v) is 3.82. The number of nitrogens with one attached hydrogen (secondary N) is 2. The summed E-state index contributed by atoms with van der Waals surface area (Å²) in [6.07, 6.45) is 7.79. The Morgan fingerprint density at radius 1 is 1.21 bits per heavy atom. The van der Waals surface area contributed by atoms with Crippen LogP contribution in [0.5, 0.6) is 0 Å². The summed E-state index contributed by atoms with van der Waals surface area (Å²) in [5.74, 6) is 0.947. The van der Waals surface area contributed by atoms with Gasteiger partial charge in [-0.15, -0.1) is 0 Å². The molecule has 0 radical (unpaired) electrons. The third-order valence-electron chi connectivity index (χ3n) is 3.82. The Balaban J connectivity index is 2.34. The lowest BCUT2D eigenvalue weighted by atomic mass is 10.0. The largest absolute Gasteiger partial charge is 0.356 e. The van der Waals surface area contributed by atoms with Gasteiger partial charge in [0, 0.05) is 26.2 Å². The van der Waals surface area contributed by atoms with E-state index in [0.29, 0.717) is 6.04 Å². The molecule has 1 saturated heterocycles. The van der Waals surface area contributed by atoms with Gasteiger partial charge < -0.3 is 10.6 Å². The van der Waals surface area contributed by atoms with Gasteiger partial charge in [-0.3, -0.25) is 9.89 Å². The number of unbranched alkanes of at least 4 members (excludes halogenated alkanes) is 1. The highest BCUT2D eigenvalue weighted by molar-refractivity contribution is 5.79. The summed E-state index contributed by atoms with van der Waals surface area (Å²) in [4.78, 5) is 6.93. The molecular weight excluding hydrogens is 236 g/mol. The van der Waals surface area contributed by atoms with Crippen molar-refractivity contribution in [3.8, 4) is 0 Å². The maximum Gasteiger partial charge on any atom is 0.191 e. The summed E-state index contributed by atoms with van der Waals surface area (Å²) in [5, 5.41) is 6.81. The number of hydrogen-bond acceptors (Lipinski definition) is 2. The predicted octanol–water partition coefficient (Wildman–Crippen LogP) is 2.22. The Morgan fingerprint density at radius 2 is 2.05 bits per heavy atom. The Morgan fingerprint density at radius 3 is 2.74 bits per heavy atom. The first-order chi connectivity index (χ1) is 9.31. The number of hydrogen-bond donors (Lipinski definition) is 2. The molecule has 0 aromatic carbocycles. The molecule has 0 aliphatic carbocycles. The van der Waals surface area contributed by atoms with Crippen molar-refractivity contribution in [3.63, 3.8) is 0 Å². The zero-order valence-corrected chi connectivity index (χ0v) is 13.0. The molecule has 1 aliphatic heterocycles. The van der Waals surface area contributed by atoms with Crippen LogP contribution in [0.2, 0.25) is 0 Å². The van der Waals surface area contributed by atoms with Crippen LogP contribution in [-0.2, 0) is 0 Å². The van der Waals surface area contributed by atoms with Crippen LogP contribution >= 0.6 is 0 Å². The highest BCUT2D eigenvalue weighted by Gasteiger charge is 2.21. The SMILES string of the molecule is CCCCN1CCCCC1CNC(=NC)NCCC. The molecule has 1 atom stereocenters. The van der Waals surface area contributed by atoms with E-state index in [0.717, 1.165) is 25.5 Å². The lowest BCUT2D eigenvalue weighted by molar-refractivity contribution is 0.147. The lowest BCUT2D eigenvalue weighted by Crippen LogP contribution is -2.49. The van der Waals surface area contributed by atoms with Gasteiger partial charge in [0.05, 0.1) is 0 Å². The third kappa shape index (κ3) is 6.28. The van der Waals surface area contributed by atoms with Gasteiger partial charge >= 0.3 is 0 Å². The van der Waals surface area contributed by atoms with Crippen molar-refractivity contribution in [3.05, 3.63) is 0 Å². The van der Waals surface area contributed by atoms with Crippen molar-refractivity contribution in [2.75, 3.05) is 33.2 Å². The minimum atomic E-state index is 0.681. The van der Waals surface area contributed by atoms with Crippen molar-refractivity contribution in [1.29, 1.82) is 0 Å². The fourth-order valence-electron chi connectivity index (χ4n) is 2.63. The number of piperidine rings is 1. The van der Waals surface area contributed by atoms with Crippen LogP contribution in [0.25, 0.3) is 0 Å². The van der Waals surface area contributed by atoms with Crippen molar-refractivity contribution in [1.82, 2.24) is 15.5 Å². The molecule has 1 heterocycles. The molecule has 19 heavy (non-hydrogen) atoms. The Hall–Kier alpha value is -0.770. The summed E-state index contributed by atoms with van der Waals surface area (Å²) >= 11 is 0. The van der Waals surface area contributed by atoms with Gasteiger partial charge in [0.15, 0.2) is 5.96 Å². The number of aliphatic imine (C=N–C) groups is 1. The van der Waals surface area contributed by atoms with Crippen LogP contribution in [0, 0.1) is 0 Å². The van der Waals surface area contributed by atoms with Crippen LogP contribution in [0.15, 0.2) is 4.99 Å². The number of likely N-dealkylation sites (tertiary alicyclic amines) is 1. The molecule has 0 aromatic heterocycles. The van der Waals surface area contributed by atoms with E-state index in [1.807, 2.05) is 7.05 Å². The fraction of sp³-hybridized carbons (Fsp3) is 0.933. The minimum Gasteiger partial charge on any atom is -0.356 e. The molecule has 1 unspecified atom stereocenters. The van der Waals surface area contributed by atoms with Crippen LogP contribution < -0.4 is 10.6 Å². The summed E-state index contributed by atoms with van der Waals surface area (Å²) in [7, 11) is 1.85. The van der Waals surface area contributed by atoms with Crippen LogP contribution in [-0.4, -0.2) is 50.1 Å². The van der Waals surface area contributed by atoms with Gasteiger partial charge in [-0.25, -0.2) is 0 Å². The first-order valence-electron chi connectivity index (χ1n) is 8.00. The maximum absolute atomic E-state index is 4.27. The van der Waals surface area contributed by atoms with Crippen molar-refractivity contribution in [2.24, 2.45) is 4.99 Å². The molecule has 112 valence electrons. The zero-order valence-electron chi connectivity index (χ0n) is 13.0. The van der Waals surface area contributed by atoms with E-state index in [-0.39, 0.29) is 0 Å². The van der Waals surface area contributed by atoms with Crippen molar-refractivity contribution < 1.29 is 0 Å². The normalized spacial score (nSPS) is 21.4. The van der Waals surface area contributed by atoms with Gasteiger partial charge in [0.1, 0.15) is 0 Å². The molecule has 1 fully saturated rings. The van der Waals surface area contributed by atoms with E-state index < -0.39 is 0 Å². The second-order valence-corrected chi connectivity index (χ2v) is 5.42. The quantitative estimate of drug-likeness (QED) is 0.549. The summed E-state index contributed by atoms with van der Waals surface area (Å²) in [6.45, 7) is 8.98. The van der Waals surface area contributed by atoms with Crippen LogP contribution in [0.1, 0.15) is 52.4 Å². The van der Waals surface area contributed by atoms with E-state index in [2.05, 4.69) is 34.4 Å². The smallest absolute Gasteiger partial charge is 0.191 e. The summed E-state index contributed by atoms with van der Waals surface area (Å²) in [5.41, 5.74) is 0. The van der Waals surface area contributed by atoms with Gasteiger partial charge in [0.25, 0.3) is 0 Å². The van der Waals surface area contributed by atoms with E-state index >= 15 is 0 Å². The highest BCUT2D eigenvalue weighted by Crippen LogP contribution is 2.16. The van der Waals surface area contributed by atoms with Gasteiger partial charge in [-0.2, -0.15) is 0 Å². The topological polar surface area (TPSA) is 39.7 Å². The minimum absolute atomic E-state index is 0.681. The van der Waals surface area contributed by atoms with Gasteiger partial charge in [-0.05, 0) is 38.8 Å². The molecule has 4 heteroatoms. The summed E-state index contributed by atoms with van der Waals surface area (Å²) < 4.78 is 0. The van der Waals surface area contributed by atoms with Crippen molar-refractivity contribution in [2.45, 2.75) is 58.4 Å². The number of nitrogens with zero attached hydrogens (tertiary/aromatic N) is 2. The van der Waals surface area contributed by atoms with E-state index in [4.69, 9.17) is 0 Å². The van der Waals surface area contributed by atoms with Gasteiger partial charge in [0.2, 0.25) is 0 Å². The highest BCUT2D eigenvalue weighted by atomic mass is 15.2. The molecule has 0 amide bonds. The molecule has 1 aliphatic rings. The molecule has 1 rings (SSSR count). The Labute approximate surface area is 119 Å². The van der Waals surface area contributed by atoms with E-state index in [1.165, 1.54) is 45.2 Å². The maximum atomic E-state index is 4.27. The van der Waals surface area contributed by atoms with E-state index in [1.54, 1.807) is 0 Å². The molecule has 0 saturated carbocycles. The van der Waals surface area contributed by atoms with Crippen LogP contribution in [0.3, 0.4) is 0 Å². The van der Waals surface area contributed by atoms with Crippen LogP contribution in [0.4, 0.5) is 0 Å². The number of rotatable bonds is 7. The summed E-state index contributed by atoms with van der Waals surface area (Å²) in [6, 6.07) is 0.681.